The standard InChI is InChI=1S/C46H52NO7.C5H5.Fe/c1-35(45(48)47-28-16-27-36-17-14-15-18-36)29-53-46-44(52-33-40-25-12-5-13-26-40)43(51-32-39-23-10-4-11-24-39)42(50-31-38-21-8-3-9-22-38)41(54-46)34-49-30-37-19-6-2-7-20-37;1-2-4-5-3-1;/h2-15,17-26,35,41-44,46H,16,27-34H2,1H3,(H,47,48);1-5H;/q2*-1;+2/t35-,41-,42-,43+,44+,46-;;/m1../s1. The molecule has 1 amide bonds. The van der Waals surface area contributed by atoms with Crippen molar-refractivity contribution in [2.45, 2.75) is 76.9 Å². The molecule has 0 unspecified atom stereocenters. The minimum absolute atomic E-state index is 0. The first kappa shape index (κ1) is 46.4. The fraction of sp³-hybridized carbons (Fsp3) is 0.314. The van der Waals surface area contributed by atoms with Crippen LogP contribution in [-0.4, -0.2) is 56.4 Å². The number of aryl methyl sites for hydroxylation is 1. The molecule has 6 atom stereocenters. The smallest absolute Gasteiger partial charge is 0.374 e. The van der Waals surface area contributed by atoms with Crippen molar-refractivity contribution < 1.29 is 50.3 Å². The van der Waals surface area contributed by atoms with Gasteiger partial charge in [0.25, 0.3) is 0 Å². The fourth-order valence-corrected chi connectivity index (χ4v) is 6.78. The van der Waals surface area contributed by atoms with Crippen LogP contribution in [0, 0.1) is 5.92 Å². The molecule has 0 aromatic heterocycles. The second-order valence-corrected chi connectivity index (χ2v) is 14.7. The average molecular weight is 852 g/mol. The average Bonchev–Trinajstić information content (AvgIpc) is 4.05. The van der Waals surface area contributed by atoms with E-state index in [2.05, 4.69) is 17.4 Å². The normalized spacial score (nSPS) is 19.0. The molecule has 6 aromatic rings. The molecule has 0 radical (unpaired) electrons. The van der Waals surface area contributed by atoms with Crippen molar-refractivity contribution in [1.29, 1.82) is 0 Å². The fourth-order valence-electron chi connectivity index (χ4n) is 6.78. The zero-order valence-corrected chi connectivity index (χ0v) is 35.4. The van der Waals surface area contributed by atoms with Gasteiger partial charge in [0, 0.05) is 6.54 Å². The van der Waals surface area contributed by atoms with Gasteiger partial charge in [-0.1, -0.05) is 128 Å². The van der Waals surface area contributed by atoms with Crippen LogP contribution in [0.4, 0.5) is 0 Å². The number of benzene rings is 4. The minimum Gasteiger partial charge on any atom is -0.374 e. The van der Waals surface area contributed by atoms with Crippen LogP contribution in [0.25, 0.3) is 0 Å². The zero-order valence-electron chi connectivity index (χ0n) is 34.3. The first-order valence-electron chi connectivity index (χ1n) is 20.6. The van der Waals surface area contributed by atoms with E-state index in [9.17, 15) is 4.79 Å². The molecule has 8 nitrogen and oxygen atoms in total. The molecule has 1 heterocycles. The van der Waals surface area contributed by atoms with Crippen molar-refractivity contribution in [1.82, 2.24) is 5.32 Å². The Morgan fingerprint density at radius 2 is 1.13 bits per heavy atom. The van der Waals surface area contributed by atoms with Gasteiger partial charge < -0.3 is 33.7 Å². The van der Waals surface area contributed by atoms with Crippen LogP contribution in [0.1, 0.15) is 41.2 Å². The molecule has 60 heavy (non-hydrogen) atoms. The van der Waals surface area contributed by atoms with Gasteiger partial charge in [0.1, 0.15) is 24.4 Å². The number of carbonyl (C=O) groups excluding carboxylic acids is 1. The van der Waals surface area contributed by atoms with Crippen LogP contribution in [0.15, 0.2) is 176 Å². The molecule has 1 N–H and O–H groups in total. The first-order valence-corrected chi connectivity index (χ1v) is 20.6. The number of hydrogen-bond acceptors (Lipinski definition) is 7. The monoisotopic (exact) mass is 851 g/mol. The van der Waals surface area contributed by atoms with Gasteiger partial charge in [-0.3, -0.25) is 4.79 Å². The van der Waals surface area contributed by atoms with Gasteiger partial charge in [-0.25, -0.2) is 24.3 Å². The summed E-state index contributed by atoms with van der Waals surface area (Å²) in [4.78, 5) is 13.2. The molecular formula is C51H57FeNO7. The van der Waals surface area contributed by atoms with Crippen LogP contribution in [0.3, 0.4) is 0 Å². The van der Waals surface area contributed by atoms with Crippen molar-refractivity contribution in [3.05, 3.63) is 204 Å². The number of ether oxygens (including phenoxy) is 6. The molecule has 1 fully saturated rings. The Labute approximate surface area is 366 Å². The topological polar surface area (TPSA) is 84.5 Å². The molecule has 1 aliphatic heterocycles. The van der Waals surface area contributed by atoms with Gasteiger partial charge in [0.05, 0.1) is 45.6 Å². The second-order valence-electron chi connectivity index (χ2n) is 14.7. The SMILES string of the molecule is C[C@H](CO[C@@H]1O[C@H](COCc2ccccc2)[C@@H](OCc2ccccc2)[C@H](OCc2ccccc2)[C@@H]1OCc1ccccc1)C(=O)NCCCc1ccc[cH-]1.[Fe+2].c1cc[cH-]c1. The van der Waals surface area contributed by atoms with Crippen LogP contribution < -0.4 is 5.32 Å². The van der Waals surface area contributed by atoms with Gasteiger partial charge in [0.15, 0.2) is 6.29 Å². The summed E-state index contributed by atoms with van der Waals surface area (Å²) in [7, 11) is 0. The Balaban J connectivity index is 0.00000106. The third-order valence-electron chi connectivity index (χ3n) is 10.0. The Bertz CT molecular complexity index is 1930. The van der Waals surface area contributed by atoms with E-state index in [-0.39, 0.29) is 36.2 Å². The van der Waals surface area contributed by atoms with E-state index in [0.29, 0.717) is 33.0 Å². The Hall–Kier alpha value is -4.67. The molecule has 1 saturated heterocycles. The maximum Gasteiger partial charge on any atom is 2.00 e. The molecule has 316 valence electrons. The number of hydrogen-bond donors (Lipinski definition) is 1. The molecule has 0 bridgehead atoms. The second kappa shape index (κ2) is 26.5. The van der Waals surface area contributed by atoms with Gasteiger partial charge in [-0.15, -0.1) is 0 Å². The van der Waals surface area contributed by atoms with Crippen LogP contribution in [-0.2, 0) is 83.1 Å². The van der Waals surface area contributed by atoms with Gasteiger partial charge in [-0.05, 0) is 35.1 Å². The number of nitrogens with one attached hydrogen (secondary N) is 1. The molecule has 0 aliphatic carbocycles. The van der Waals surface area contributed by atoms with Crippen molar-refractivity contribution in [3.63, 3.8) is 0 Å². The summed E-state index contributed by atoms with van der Waals surface area (Å²) in [6.45, 7) is 4.20. The molecule has 0 saturated carbocycles. The maximum atomic E-state index is 13.2. The predicted octanol–water partition coefficient (Wildman–Crippen LogP) is 9.21. The van der Waals surface area contributed by atoms with E-state index in [1.807, 2.05) is 171 Å². The summed E-state index contributed by atoms with van der Waals surface area (Å²) in [5.41, 5.74) is 5.37. The molecule has 7 rings (SSSR count). The third-order valence-corrected chi connectivity index (χ3v) is 10.0. The number of carbonyl (C=O) groups is 1. The molecule has 1 aliphatic rings. The van der Waals surface area contributed by atoms with Crippen LogP contribution in [0.2, 0.25) is 0 Å². The van der Waals surface area contributed by atoms with E-state index in [1.165, 1.54) is 5.56 Å². The largest absolute Gasteiger partial charge is 2.00 e. The van der Waals surface area contributed by atoms with Crippen LogP contribution in [0.5, 0.6) is 0 Å². The van der Waals surface area contributed by atoms with Crippen molar-refractivity contribution in [2.75, 3.05) is 19.8 Å². The summed E-state index contributed by atoms with van der Waals surface area (Å²) in [5.74, 6) is -0.496. The summed E-state index contributed by atoms with van der Waals surface area (Å²) in [6.07, 6.45) is -1.54. The molecule has 6 aromatic carbocycles. The Kier molecular flexibility index (Phi) is 20.5. The summed E-state index contributed by atoms with van der Waals surface area (Å²) in [6, 6.07) is 58.4. The summed E-state index contributed by atoms with van der Waals surface area (Å²) < 4.78 is 39.8. The van der Waals surface area contributed by atoms with Crippen molar-refractivity contribution in [2.24, 2.45) is 5.92 Å². The van der Waals surface area contributed by atoms with Crippen LogP contribution >= 0.6 is 0 Å². The summed E-state index contributed by atoms with van der Waals surface area (Å²) >= 11 is 0. The first-order chi connectivity index (χ1) is 29.1. The van der Waals surface area contributed by atoms with Crippen molar-refractivity contribution in [3.8, 4) is 0 Å². The van der Waals surface area contributed by atoms with Crippen molar-refractivity contribution >= 4 is 5.91 Å². The zero-order chi connectivity index (χ0) is 40.7. The number of rotatable bonds is 21. The van der Waals surface area contributed by atoms with E-state index < -0.39 is 36.6 Å². The van der Waals surface area contributed by atoms with E-state index >= 15 is 0 Å². The number of amides is 1. The third kappa shape index (κ3) is 15.7. The Morgan fingerprint density at radius 3 is 1.63 bits per heavy atom. The molecule has 0 spiro atoms. The summed E-state index contributed by atoms with van der Waals surface area (Å²) in [5, 5.41) is 3.07. The molecule has 9 heteroatoms. The molecular weight excluding hydrogens is 794 g/mol. The van der Waals surface area contributed by atoms with E-state index in [0.717, 1.165) is 35.1 Å². The van der Waals surface area contributed by atoms with Gasteiger partial charge in [-0.2, -0.15) is 35.9 Å². The minimum atomic E-state index is -0.871. The predicted molar refractivity (Wildman–Crippen MR) is 230 cm³/mol. The van der Waals surface area contributed by atoms with Gasteiger partial charge >= 0.3 is 17.1 Å². The van der Waals surface area contributed by atoms with E-state index in [1.54, 1.807) is 0 Å². The quantitative estimate of drug-likeness (QED) is 0.0440. The van der Waals surface area contributed by atoms with E-state index in [4.69, 9.17) is 28.4 Å². The Morgan fingerprint density at radius 1 is 0.617 bits per heavy atom. The maximum absolute atomic E-state index is 13.2. The van der Waals surface area contributed by atoms with Gasteiger partial charge in [0.2, 0.25) is 5.91 Å².